The number of carbonyl (C=O) groups is 1. The Morgan fingerprint density at radius 1 is 1.24 bits per heavy atom. The molecule has 0 aliphatic carbocycles. The summed E-state index contributed by atoms with van der Waals surface area (Å²) in [5.41, 5.74) is 7.99. The number of carbonyl (C=O) groups excluding carboxylic acids is 1. The van der Waals surface area contributed by atoms with Gasteiger partial charge in [-0.1, -0.05) is 44.0 Å². The molecule has 2 heteroatoms. The molecule has 1 rings (SSSR count). The van der Waals surface area contributed by atoms with E-state index >= 15 is 0 Å². The standard InChI is InChI=1S/C15H23NO/c1-3-4-5-6-15(17)11-13-7-9-14(10-8-13)12(2)16/h7-10,12H,3-6,11,16H2,1-2H3. The van der Waals surface area contributed by atoms with Crippen LogP contribution < -0.4 is 5.73 Å². The maximum absolute atomic E-state index is 11.7. The topological polar surface area (TPSA) is 43.1 Å². The smallest absolute Gasteiger partial charge is 0.137 e. The Balaban J connectivity index is 2.43. The van der Waals surface area contributed by atoms with Gasteiger partial charge >= 0.3 is 0 Å². The van der Waals surface area contributed by atoms with Crippen LogP contribution in [-0.2, 0) is 11.2 Å². The van der Waals surface area contributed by atoms with E-state index in [2.05, 4.69) is 6.92 Å². The summed E-state index contributed by atoms with van der Waals surface area (Å²) in [6, 6.07) is 8.11. The van der Waals surface area contributed by atoms with E-state index in [0.717, 1.165) is 30.4 Å². The maximum atomic E-state index is 11.7. The Bertz CT molecular complexity index is 340. The van der Waals surface area contributed by atoms with Crippen LogP contribution in [0.15, 0.2) is 24.3 Å². The van der Waals surface area contributed by atoms with E-state index in [-0.39, 0.29) is 6.04 Å². The van der Waals surface area contributed by atoms with Crippen molar-refractivity contribution < 1.29 is 4.79 Å². The Morgan fingerprint density at radius 3 is 2.41 bits per heavy atom. The Morgan fingerprint density at radius 2 is 1.88 bits per heavy atom. The molecule has 94 valence electrons. The van der Waals surface area contributed by atoms with Gasteiger partial charge in [0.2, 0.25) is 0 Å². The number of unbranched alkanes of at least 4 members (excludes halogenated alkanes) is 2. The Labute approximate surface area is 104 Å². The van der Waals surface area contributed by atoms with Crippen molar-refractivity contribution in [1.29, 1.82) is 0 Å². The van der Waals surface area contributed by atoms with Gasteiger partial charge in [-0.05, 0) is 24.5 Å². The summed E-state index contributed by atoms with van der Waals surface area (Å²) in [6.45, 7) is 4.11. The molecule has 0 saturated carbocycles. The number of Topliss-reactive ketones (excluding diaryl/α,β-unsaturated/α-hetero) is 1. The van der Waals surface area contributed by atoms with Gasteiger partial charge < -0.3 is 5.73 Å². The van der Waals surface area contributed by atoms with E-state index in [4.69, 9.17) is 5.73 Å². The van der Waals surface area contributed by atoms with Crippen molar-refractivity contribution in [3.8, 4) is 0 Å². The molecule has 17 heavy (non-hydrogen) atoms. The molecule has 0 aliphatic heterocycles. The summed E-state index contributed by atoms with van der Waals surface area (Å²) in [7, 11) is 0. The molecule has 1 unspecified atom stereocenters. The first-order valence-electron chi connectivity index (χ1n) is 6.49. The predicted octanol–water partition coefficient (Wildman–Crippen LogP) is 3.40. The van der Waals surface area contributed by atoms with Crippen LogP contribution in [0.1, 0.15) is 56.7 Å². The highest BCUT2D eigenvalue weighted by Crippen LogP contribution is 2.12. The van der Waals surface area contributed by atoms with Gasteiger partial charge in [0.15, 0.2) is 0 Å². The summed E-state index contributed by atoms with van der Waals surface area (Å²) in [5, 5.41) is 0. The van der Waals surface area contributed by atoms with Crippen molar-refractivity contribution in [3.05, 3.63) is 35.4 Å². The van der Waals surface area contributed by atoms with Gasteiger partial charge in [0, 0.05) is 18.9 Å². The molecule has 0 aliphatic rings. The minimum absolute atomic E-state index is 0.0595. The van der Waals surface area contributed by atoms with Gasteiger partial charge in [-0.25, -0.2) is 0 Å². The molecule has 2 N–H and O–H groups in total. The van der Waals surface area contributed by atoms with E-state index in [9.17, 15) is 4.79 Å². The number of ketones is 1. The SMILES string of the molecule is CCCCCC(=O)Cc1ccc(C(C)N)cc1. The molecule has 0 bridgehead atoms. The van der Waals surface area contributed by atoms with Crippen LogP contribution in [0.2, 0.25) is 0 Å². The van der Waals surface area contributed by atoms with Crippen LogP contribution in [0.5, 0.6) is 0 Å². The fourth-order valence-corrected chi connectivity index (χ4v) is 1.83. The molecule has 1 aromatic carbocycles. The average molecular weight is 233 g/mol. The zero-order valence-electron chi connectivity index (χ0n) is 10.9. The van der Waals surface area contributed by atoms with Crippen molar-refractivity contribution in [2.24, 2.45) is 5.73 Å². The minimum atomic E-state index is 0.0595. The molecule has 0 aromatic heterocycles. The second-order valence-electron chi connectivity index (χ2n) is 4.70. The van der Waals surface area contributed by atoms with Crippen molar-refractivity contribution >= 4 is 5.78 Å². The monoisotopic (exact) mass is 233 g/mol. The number of hydrogen-bond donors (Lipinski definition) is 1. The highest BCUT2D eigenvalue weighted by molar-refractivity contribution is 5.80. The normalized spacial score (nSPS) is 12.4. The van der Waals surface area contributed by atoms with Crippen molar-refractivity contribution in [1.82, 2.24) is 0 Å². The second-order valence-corrected chi connectivity index (χ2v) is 4.70. The third kappa shape index (κ3) is 5.14. The van der Waals surface area contributed by atoms with E-state index in [1.54, 1.807) is 0 Å². The molecule has 1 aromatic rings. The van der Waals surface area contributed by atoms with Crippen LogP contribution in [0.4, 0.5) is 0 Å². The Hall–Kier alpha value is -1.15. The van der Waals surface area contributed by atoms with Crippen molar-refractivity contribution in [2.45, 2.75) is 52.0 Å². The summed E-state index contributed by atoms with van der Waals surface area (Å²) < 4.78 is 0. The zero-order chi connectivity index (χ0) is 12.7. The summed E-state index contributed by atoms with van der Waals surface area (Å²) in [4.78, 5) is 11.7. The fraction of sp³-hybridized carbons (Fsp3) is 0.533. The first-order valence-corrected chi connectivity index (χ1v) is 6.49. The first-order chi connectivity index (χ1) is 8.13. The zero-order valence-corrected chi connectivity index (χ0v) is 10.9. The molecular formula is C15H23NO. The van der Waals surface area contributed by atoms with Crippen LogP contribution in [0.3, 0.4) is 0 Å². The molecule has 0 radical (unpaired) electrons. The highest BCUT2D eigenvalue weighted by Gasteiger charge is 2.04. The fourth-order valence-electron chi connectivity index (χ4n) is 1.83. The lowest BCUT2D eigenvalue weighted by Crippen LogP contribution is -2.06. The van der Waals surface area contributed by atoms with Gasteiger partial charge in [-0.2, -0.15) is 0 Å². The second kappa shape index (κ2) is 7.23. The van der Waals surface area contributed by atoms with Gasteiger partial charge in [0.25, 0.3) is 0 Å². The van der Waals surface area contributed by atoms with E-state index < -0.39 is 0 Å². The van der Waals surface area contributed by atoms with Crippen LogP contribution in [0, 0.1) is 0 Å². The number of nitrogens with two attached hydrogens (primary N) is 1. The largest absolute Gasteiger partial charge is 0.324 e. The molecule has 1 atom stereocenters. The maximum Gasteiger partial charge on any atom is 0.137 e. The van der Waals surface area contributed by atoms with Gasteiger partial charge in [0.05, 0.1) is 0 Å². The van der Waals surface area contributed by atoms with Crippen molar-refractivity contribution in [3.63, 3.8) is 0 Å². The first kappa shape index (κ1) is 13.9. The quantitative estimate of drug-likeness (QED) is 0.733. The minimum Gasteiger partial charge on any atom is -0.324 e. The lowest BCUT2D eigenvalue weighted by Gasteiger charge is -2.06. The average Bonchev–Trinajstić information content (AvgIpc) is 2.30. The summed E-state index contributed by atoms with van der Waals surface area (Å²) >= 11 is 0. The van der Waals surface area contributed by atoms with Crippen LogP contribution in [0.25, 0.3) is 0 Å². The van der Waals surface area contributed by atoms with E-state index in [0.29, 0.717) is 18.6 Å². The number of hydrogen-bond acceptors (Lipinski definition) is 2. The number of rotatable bonds is 7. The van der Waals surface area contributed by atoms with E-state index in [1.807, 2.05) is 31.2 Å². The third-order valence-electron chi connectivity index (χ3n) is 2.97. The predicted molar refractivity (Wildman–Crippen MR) is 71.9 cm³/mol. The molecular weight excluding hydrogens is 210 g/mol. The summed E-state index contributed by atoms with van der Waals surface area (Å²) in [5.74, 6) is 0.340. The summed E-state index contributed by atoms with van der Waals surface area (Å²) in [6.07, 6.45) is 4.60. The highest BCUT2D eigenvalue weighted by atomic mass is 16.1. The molecule has 0 fully saturated rings. The molecule has 2 nitrogen and oxygen atoms in total. The molecule has 0 heterocycles. The third-order valence-corrected chi connectivity index (χ3v) is 2.97. The lowest BCUT2D eigenvalue weighted by molar-refractivity contribution is -0.118. The van der Waals surface area contributed by atoms with Gasteiger partial charge in [0.1, 0.15) is 5.78 Å². The van der Waals surface area contributed by atoms with Crippen LogP contribution in [-0.4, -0.2) is 5.78 Å². The molecule has 0 saturated heterocycles. The van der Waals surface area contributed by atoms with Gasteiger partial charge in [-0.15, -0.1) is 0 Å². The Kier molecular flexibility index (Phi) is 5.92. The van der Waals surface area contributed by atoms with Crippen LogP contribution >= 0.6 is 0 Å². The van der Waals surface area contributed by atoms with Gasteiger partial charge in [-0.3, -0.25) is 4.79 Å². The van der Waals surface area contributed by atoms with Crippen molar-refractivity contribution in [2.75, 3.05) is 0 Å². The molecule has 0 amide bonds. The number of benzene rings is 1. The lowest BCUT2D eigenvalue weighted by atomic mass is 10.0. The molecule has 0 spiro atoms. The van der Waals surface area contributed by atoms with E-state index in [1.165, 1.54) is 0 Å².